The summed E-state index contributed by atoms with van der Waals surface area (Å²) in [5.74, 6) is 1.09. The monoisotopic (exact) mass is 550 g/mol. The van der Waals surface area contributed by atoms with Gasteiger partial charge in [-0.15, -0.1) is 0 Å². The first-order valence-corrected chi connectivity index (χ1v) is 16.1. The Kier molecular flexibility index (Phi) is 8.73. The number of hydrogen-bond acceptors (Lipinski definition) is 6. The maximum Gasteiger partial charge on any atom is 0.235 e. The minimum Gasteiger partial charge on any atom is -0.351 e. The molecule has 3 heterocycles. The van der Waals surface area contributed by atoms with Crippen molar-refractivity contribution in [1.82, 2.24) is 14.2 Å². The second-order valence-electron chi connectivity index (χ2n) is 10.5. The topological polar surface area (TPSA) is 73.8 Å². The van der Waals surface area contributed by atoms with Gasteiger partial charge < -0.3 is 9.80 Å². The SMILES string of the molecule is C[C@@H]1CN(c2ncccc2C(=O)PS(=O)(=O)N2CCN(CCCc3ccc(Cl)cc3)CC2)C(C)(C)C1. The molecule has 2 atom stereocenters. The average Bonchev–Trinajstić information content (AvgIpc) is 3.12. The van der Waals surface area contributed by atoms with Gasteiger partial charge in [0.2, 0.25) is 15.2 Å². The van der Waals surface area contributed by atoms with Crippen molar-refractivity contribution in [3.8, 4) is 0 Å². The number of carbonyl (C=O) groups excluding carboxylic acids is 1. The molecule has 0 saturated carbocycles. The molecule has 0 N–H and O–H groups in total. The van der Waals surface area contributed by atoms with Crippen molar-refractivity contribution in [2.75, 3.05) is 44.2 Å². The molecule has 4 rings (SSSR count). The Morgan fingerprint density at radius 2 is 1.83 bits per heavy atom. The van der Waals surface area contributed by atoms with E-state index in [1.54, 1.807) is 18.3 Å². The fourth-order valence-electron chi connectivity index (χ4n) is 5.34. The number of nitrogens with zero attached hydrogens (tertiary/aromatic N) is 4. The van der Waals surface area contributed by atoms with Crippen molar-refractivity contribution >= 4 is 40.4 Å². The Morgan fingerprint density at radius 3 is 2.47 bits per heavy atom. The molecule has 196 valence electrons. The normalized spacial score (nSPS) is 21.4. The van der Waals surface area contributed by atoms with E-state index in [4.69, 9.17) is 11.6 Å². The Hall–Kier alpha value is -1.57. The molecule has 2 aliphatic rings. The van der Waals surface area contributed by atoms with Crippen molar-refractivity contribution in [2.45, 2.75) is 45.6 Å². The van der Waals surface area contributed by atoms with Crippen molar-refractivity contribution in [2.24, 2.45) is 5.92 Å². The lowest BCUT2D eigenvalue weighted by molar-refractivity contribution is 0.108. The van der Waals surface area contributed by atoms with E-state index in [2.05, 4.69) is 35.6 Å². The molecule has 2 saturated heterocycles. The molecular weight excluding hydrogens is 515 g/mol. The number of aryl methyl sites for hydroxylation is 1. The van der Waals surface area contributed by atoms with Crippen LogP contribution in [0.25, 0.3) is 0 Å². The van der Waals surface area contributed by atoms with Crippen LogP contribution >= 0.6 is 19.4 Å². The molecule has 0 spiro atoms. The van der Waals surface area contributed by atoms with Gasteiger partial charge in [-0.1, -0.05) is 30.7 Å². The fourth-order valence-corrected chi connectivity index (χ4v) is 8.74. The first-order chi connectivity index (χ1) is 17.0. The van der Waals surface area contributed by atoms with E-state index in [0.29, 0.717) is 43.5 Å². The highest BCUT2D eigenvalue weighted by atomic mass is 35.5. The summed E-state index contributed by atoms with van der Waals surface area (Å²) in [5, 5.41) is 0.740. The van der Waals surface area contributed by atoms with Crippen LogP contribution in [-0.2, 0) is 16.1 Å². The predicted octanol–water partition coefficient (Wildman–Crippen LogP) is 4.67. The highest BCUT2D eigenvalue weighted by Gasteiger charge is 2.39. The number of benzene rings is 1. The van der Waals surface area contributed by atoms with Gasteiger partial charge in [0.1, 0.15) is 5.82 Å². The fraction of sp³-hybridized carbons (Fsp3) is 0.538. The van der Waals surface area contributed by atoms with E-state index in [1.807, 2.05) is 24.3 Å². The highest BCUT2D eigenvalue weighted by molar-refractivity contribution is 8.47. The van der Waals surface area contributed by atoms with Gasteiger partial charge in [-0.25, -0.2) is 13.4 Å². The summed E-state index contributed by atoms with van der Waals surface area (Å²) in [7, 11) is -4.51. The summed E-state index contributed by atoms with van der Waals surface area (Å²) in [4.78, 5) is 22.2. The molecule has 0 bridgehead atoms. The summed E-state index contributed by atoms with van der Waals surface area (Å²) in [6.45, 7) is 10.4. The Labute approximate surface area is 221 Å². The van der Waals surface area contributed by atoms with E-state index in [1.165, 1.54) is 9.87 Å². The van der Waals surface area contributed by atoms with Gasteiger partial charge in [0.15, 0.2) is 0 Å². The third-order valence-corrected chi connectivity index (χ3v) is 11.2. The van der Waals surface area contributed by atoms with Gasteiger partial charge in [-0.2, -0.15) is 4.31 Å². The van der Waals surface area contributed by atoms with Gasteiger partial charge in [0.25, 0.3) is 0 Å². The number of anilines is 1. The number of halogens is 1. The van der Waals surface area contributed by atoms with Crippen LogP contribution in [-0.4, -0.2) is 72.9 Å². The smallest absolute Gasteiger partial charge is 0.235 e. The van der Waals surface area contributed by atoms with Crippen molar-refractivity contribution in [3.05, 3.63) is 58.7 Å². The zero-order valence-electron chi connectivity index (χ0n) is 21.3. The number of aromatic nitrogens is 1. The number of hydrogen-bond donors (Lipinski definition) is 0. The Balaban J connectivity index is 1.32. The molecule has 1 aromatic heterocycles. The quantitative estimate of drug-likeness (QED) is 0.422. The lowest BCUT2D eigenvalue weighted by Gasteiger charge is -2.34. The van der Waals surface area contributed by atoms with Crippen LogP contribution in [0.4, 0.5) is 5.82 Å². The number of piperazine rings is 1. The lowest BCUT2D eigenvalue weighted by atomic mass is 9.97. The van der Waals surface area contributed by atoms with Crippen LogP contribution in [0.1, 0.15) is 49.5 Å². The van der Waals surface area contributed by atoms with E-state index in [-0.39, 0.29) is 11.1 Å². The maximum atomic E-state index is 13.3. The number of pyridine rings is 1. The molecular formula is C26H36ClN4O3PS. The van der Waals surface area contributed by atoms with Crippen LogP contribution in [0, 0.1) is 5.92 Å². The van der Waals surface area contributed by atoms with E-state index in [9.17, 15) is 13.2 Å². The van der Waals surface area contributed by atoms with Crippen molar-refractivity contribution in [1.29, 1.82) is 0 Å². The van der Waals surface area contributed by atoms with Gasteiger partial charge in [-0.05, 0) is 75.4 Å². The van der Waals surface area contributed by atoms with Gasteiger partial charge in [-0.3, -0.25) is 4.79 Å². The third-order valence-electron chi connectivity index (χ3n) is 7.11. The van der Waals surface area contributed by atoms with Crippen LogP contribution in [0.15, 0.2) is 42.6 Å². The minimum absolute atomic E-state index is 0.130. The minimum atomic E-state index is -3.68. The summed E-state index contributed by atoms with van der Waals surface area (Å²) in [5.41, 5.74) is 1.16. The van der Waals surface area contributed by atoms with Crippen LogP contribution < -0.4 is 4.90 Å². The highest BCUT2D eigenvalue weighted by Crippen LogP contribution is 2.39. The maximum absolute atomic E-state index is 13.3. The summed E-state index contributed by atoms with van der Waals surface area (Å²) < 4.78 is 27.8. The number of carbonyl (C=O) groups is 1. The second kappa shape index (κ2) is 11.4. The Morgan fingerprint density at radius 1 is 1.14 bits per heavy atom. The molecule has 2 aliphatic heterocycles. The zero-order valence-corrected chi connectivity index (χ0v) is 23.9. The Bertz CT molecular complexity index is 1170. The summed E-state index contributed by atoms with van der Waals surface area (Å²) in [6, 6.07) is 11.3. The molecule has 7 nitrogen and oxygen atoms in total. The molecule has 1 aromatic carbocycles. The summed E-state index contributed by atoms with van der Waals surface area (Å²) in [6.07, 6.45) is 4.65. The largest absolute Gasteiger partial charge is 0.351 e. The molecule has 0 aliphatic carbocycles. The standard InChI is InChI=1S/C26H36ClN4O3PS/c1-20-18-26(2,3)31(19-20)24-23(7-4-12-28-24)25(32)35-36(33,34)30-16-14-29(15-17-30)13-5-6-21-8-10-22(27)11-9-21/h4,7-12,20,35H,5-6,13-19H2,1-3H3/t20-/m0/s1. The molecule has 2 fully saturated rings. The first kappa shape index (κ1) is 27.5. The van der Waals surface area contributed by atoms with E-state index in [0.717, 1.165) is 37.4 Å². The van der Waals surface area contributed by atoms with E-state index < -0.39 is 17.4 Å². The van der Waals surface area contributed by atoms with Crippen LogP contribution in [0.5, 0.6) is 0 Å². The van der Waals surface area contributed by atoms with Gasteiger partial charge in [0.05, 0.1) is 13.3 Å². The summed E-state index contributed by atoms with van der Waals surface area (Å²) >= 11 is 5.95. The first-order valence-electron chi connectivity index (χ1n) is 12.6. The lowest BCUT2D eigenvalue weighted by Crippen LogP contribution is -2.47. The van der Waals surface area contributed by atoms with Crippen molar-refractivity contribution in [3.63, 3.8) is 0 Å². The molecule has 0 amide bonds. The zero-order chi connectivity index (χ0) is 25.9. The second-order valence-corrected chi connectivity index (χ2v) is 15.2. The molecule has 1 unspecified atom stereocenters. The molecule has 0 radical (unpaired) electrons. The molecule has 10 heteroatoms. The van der Waals surface area contributed by atoms with Crippen LogP contribution in [0.3, 0.4) is 0 Å². The molecule has 36 heavy (non-hydrogen) atoms. The van der Waals surface area contributed by atoms with Gasteiger partial charge in [0, 0.05) is 49.5 Å². The van der Waals surface area contributed by atoms with Crippen molar-refractivity contribution < 1.29 is 13.2 Å². The third kappa shape index (κ3) is 6.65. The van der Waals surface area contributed by atoms with Gasteiger partial charge >= 0.3 is 0 Å². The average molecular weight is 551 g/mol. The molecule has 2 aromatic rings. The van der Waals surface area contributed by atoms with Crippen LogP contribution in [0.2, 0.25) is 5.02 Å². The van der Waals surface area contributed by atoms with E-state index >= 15 is 0 Å². The predicted molar refractivity (Wildman–Crippen MR) is 149 cm³/mol. The number of rotatable bonds is 9.